The van der Waals surface area contributed by atoms with Gasteiger partial charge in [0.05, 0.1) is 72.7 Å². The van der Waals surface area contributed by atoms with Gasteiger partial charge in [0.25, 0.3) is 0 Å². The summed E-state index contributed by atoms with van der Waals surface area (Å²) in [4.78, 5) is 0. The van der Waals surface area contributed by atoms with E-state index in [-0.39, 0.29) is 12.5 Å². The summed E-state index contributed by atoms with van der Waals surface area (Å²) in [6, 6.07) is 0. The molecule has 0 aromatic carbocycles. The number of nitrogens with zero attached hydrogens (tertiary/aromatic N) is 4. The Bertz CT molecular complexity index is 806. The molecule has 4 heterocycles. The lowest BCUT2D eigenvalue weighted by atomic mass is 9.83. The van der Waals surface area contributed by atoms with Crippen molar-refractivity contribution in [2.45, 2.75) is 20.3 Å². The molecule has 13 nitrogen and oxygen atoms in total. The van der Waals surface area contributed by atoms with E-state index in [4.69, 9.17) is 32.7 Å². The average molecular weight is 613 g/mol. The molecule has 0 amide bonds. The summed E-state index contributed by atoms with van der Waals surface area (Å²) in [5.41, 5.74) is -0.423. The number of hydrogen-bond donors (Lipinski definition) is 0. The number of rotatable bonds is 14. The van der Waals surface area contributed by atoms with E-state index in [0.29, 0.717) is 125 Å². The molecule has 15 heteroatoms. The molecule has 0 radical (unpaired) electrons. The summed E-state index contributed by atoms with van der Waals surface area (Å²) < 4.78 is 77.0. The van der Waals surface area contributed by atoms with Gasteiger partial charge in [0, 0.05) is 64.9 Å². The maximum atomic E-state index is 14.5. The van der Waals surface area contributed by atoms with Crippen LogP contribution in [0.25, 0.3) is 0 Å². The maximum Gasteiger partial charge on any atom is 0.346 e. The highest BCUT2D eigenvalue weighted by Gasteiger charge is 2.44. The minimum Gasteiger partial charge on any atom is -0.384 e. The Labute approximate surface area is 239 Å². The van der Waals surface area contributed by atoms with E-state index in [1.54, 1.807) is 7.11 Å². The summed E-state index contributed by atoms with van der Waals surface area (Å²) in [6.45, 7) is 14.1. The number of morpholine rings is 4. The number of ether oxygens (including phenoxy) is 5. The van der Waals surface area contributed by atoms with Crippen LogP contribution in [0.4, 0.5) is 0 Å². The summed E-state index contributed by atoms with van der Waals surface area (Å²) in [5.74, 6) is 0.0605. The molecule has 4 rings (SSSR count). The third kappa shape index (κ3) is 8.56. The molecule has 2 atom stereocenters. The zero-order valence-corrected chi connectivity index (χ0v) is 26.4. The zero-order valence-electron chi connectivity index (χ0n) is 24.6. The van der Waals surface area contributed by atoms with Gasteiger partial charge in [-0.25, -0.2) is 18.7 Å². The van der Waals surface area contributed by atoms with Crippen molar-refractivity contribution < 1.29 is 41.9 Å². The largest absolute Gasteiger partial charge is 0.384 e. The Morgan fingerprint density at radius 2 is 1.00 bits per heavy atom. The Kier molecular flexibility index (Phi) is 12.9. The smallest absolute Gasteiger partial charge is 0.346 e. The summed E-state index contributed by atoms with van der Waals surface area (Å²) in [5, 5.41) is 0. The second-order valence-corrected chi connectivity index (χ2v) is 16.1. The standard InChI is InChI=1S/C25H50N4O9P2/c1-24(21-37-39(30,26-4-12-33-13-5-26)27-6-14-34-15-7-27)20-25(2,22-32-3)23-38-40(31,28-8-16-35-17-9-28)29-10-18-36-19-11-29/h24H,4-23H2,1-3H3. The van der Waals surface area contributed by atoms with Gasteiger partial charge in [0.15, 0.2) is 0 Å². The van der Waals surface area contributed by atoms with Crippen LogP contribution in [0.5, 0.6) is 0 Å². The Hall–Kier alpha value is 0.0200. The van der Waals surface area contributed by atoms with Gasteiger partial charge in [0.1, 0.15) is 0 Å². The average Bonchev–Trinajstić information content (AvgIpc) is 3.00. The van der Waals surface area contributed by atoms with E-state index in [1.807, 2.05) is 18.7 Å². The summed E-state index contributed by atoms with van der Waals surface area (Å²) in [7, 11) is -4.82. The molecule has 0 aliphatic carbocycles. The zero-order chi connectivity index (χ0) is 28.5. The lowest BCUT2D eigenvalue weighted by Crippen LogP contribution is -2.45. The van der Waals surface area contributed by atoms with Crippen LogP contribution in [-0.4, -0.2) is 151 Å². The van der Waals surface area contributed by atoms with E-state index < -0.39 is 20.8 Å². The molecule has 2 unspecified atom stereocenters. The van der Waals surface area contributed by atoms with Gasteiger partial charge in [-0.15, -0.1) is 0 Å². The minimum absolute atomic E-state index is 0.0605. The van der Waals surface area contributed by atoms with Crippen molar-refractivity contribution in [3.05, 3.63) is 0 Å². The SMILES string of the molecule is COCC(C)(COP(=O)(N1CCOCC1)N1CCOCC1)CC(C)COP(=O)(N1CCOCC1)N1CCOCC1. The topological polar surface area (TPSA) is 112 Å². The van der Waals surface area contributed by atoms with Gasteiger partial charge in [-0.05, 0) is 12.3 Å². The van der Waals surface area contributed by atoms with Crippen LogP contribution in [0.2, 0.25) is 0 Å². The minimum atomic E-state index is -3.27. The second kappa shape index (κ2) is 15.7. The molecule has 4 aliphatic rings. The van der Waals surface area contributed by atoms with Crippen molar-refractivity contribution in [1.29, 1.82) is 0 Å². The molecule has 0 spiro atoms. The van der Waals surface area contributed by atoms with Crippen LogP contribution < -0.4 is 0 Å². The molecular weight excluding hydrogens is 562 g/mol. The third-order valence-corrected chi connectivity index (χ3v) is 13.2. The van der Waals surface area contributed by atoms with E-state index in [1.165, 1.54) is 0 Å². The first-order valence-corrected chi connectivity index (χ1v) is 17.7. The Morgan fingerprint density at radius 3 is 1.35 bits per heavy atom. The van der Waals surface area contributed by atoms with Crippen molar-refractivity contribution in [1.82, 2.24) is 18.7 Å². The van der Waals surface area contributed by atoms with Gasteiger partial charge in [-0.1, -0.05) is 13.8 Å². The van der Waals surface area contributed by atoms with E-state index in [9.17, 15) is 9.13 Å². The first-order valence-electron chi connectivity index (χ1n) is 14.6. The van der Waals surface area contributed by atoms with Crippen LogP contribution in [0, 0.1) is 11.3 Å². The van der Waals surface area contributed by atoms with Gasteiger partial charge in [0.2, 0.25) is 0 Å². The first-order chi connectivity index (χ1) is 19.3. The van der Waals surface area contributed by atoms with Crippen LogP contribution in [0.3, 0.4) is 0 Å². The van der Waals surface area contributed by atoms with Crippen LogP contribution in [0.15, 0.2) is 0 Å². The number of methoxy groups -OCH3 is 1. The molecule has 4 fully saturated rings. The fraction of sp³-hybridized carbons (Fsp3) is 1.00. The lowest BCUT2D eigenvalue weighted by molar-refractivity contribution is 0.00479. The monoisotopic (exact) mass is 612 g/mol. The highest BCUT2D eigenvalue weighted by molar-refractivity contribution is 7.54. The fourth-order valence-corrected chi connectivity index (χ4v) is 10.8. The molecule has 4 aliphatic heterocycles. The van der Waals surface area contributed by atoms with Gasteiger partial charge in [-0.2, -0.15) is 0 Å². The van der Waals surface area contributed by atoms with E-state index >= 15 is 0 Å². The van der Waals surface area contributed by atoms with Gasteiger partial charge >= 0.3 is 15.3 Å². The molecular formula is C25H50N4O9P2. The molecule has 234 valence electrons. The van der Waals surface area contributed by atoms with Crippen LogP contribution in [-0.2, 0) is 41.9 Å². The summed E-state index contributed by atoms with van der Waals surface area (Å²) in [6.07, 6.45) is 0.694. The molecule has 4 saturated heterocycles. The second-order valence-electron chi connectivity index (χ2n) is 11.4. The third-order valence-electron chi connectivity index (χ3n) is 7.82. The molecule has 0 aromatic heterocycles. The van der Waals surface area contributed by atoms with Crippen molar-refractivity contribution in [2.75, 3.05) is 132 Å². The molecule has 40 heavy (non-hydrogen) atoms. The van der Waals surface area contributed by atoms with Crippen molar-refractivity contribution >= 4 is 15.3 Å². The fourth-order valence-electron chi connectivity index (χ4n) is 5.78. The van der Waals surface area contributed by atoms with Crippen molar-refractivity contribution in [3.8, 4) is 0 Å². The molecule has 0 saturated carbocycles. The highest BCUT2D eigenvalue weighted by atomic mass is 31.2. The predicted octanol–water partition coefficient (Wildman–Crippen LogP) is 2.24. The highest BCUT2D eigenvalue weighted by Crippen LogP contribution is 2.57. The normalized spacial score (nSPS) is 26.0. The van der Waals surface area contributed by atoms with E-state index in [0.717, 1.165) is 0 Å². The van der Waals surface area contributed by atoms with E-state index in [2.05, 4.69) is 13.8 Å². The molecule has 0 bridgehead atoms. The van der Waals surface area contributed by atoms with Crippen molar-refractivity contribution in [3.63, 3.8) is 0 Å². The van der Waals surface area contributed by atoms with Gasteiger partial charge < -0.3 is 32.7 Å². The molecule has 0 N–H and O–H groups in total. The number of hydrogen-bond acceptors (Lipinski definition) is 9. The predicted molar refractivity (Wildman–Crippen MR) is 150 cm³/mol. The van der Waals surface area contributed by atoms with Crippen LogP contribution >= 0.6 is 15.3 Å². The first kappa shape index (κ1) is 32.9. The lowest BCUT2D eigenvalue weighted by Gasteiger charge is -2.43. The quantitative estimate of drug-likeness (QED) is 0.268. The maximum absolute atomic E-state index is 14.5. The Balaban J connectivity index is 1.41. The van der Waals surface area contributed by atoms with Gasteiger partial charge in [-0.3, -0.25) is 9.13 Å². The van der Waals surface area contributed by atoms with Crippen LogP contribution in [0.1, 0.15) is 20.3 Å². The summed E-state index contributed by atoms with van der Waals surface area (Å²) >= 11 is 0. The van der Waals surface area contributed by atoms with Crippen molar-refractivity contribution in [2.24, 2.45) is 11.3 Å². The Morgan fingerprint density at radius 1 is 0.650 bits per heavy atom. The molecule has 0 aromatic rings.